The second kappa shape index (κ2) is 19.3. The minimum absolute atomic E-state index is 0.799. The van der Waals surface area contributed by atoms with Crippen molar-refractivity contribution in [2.75, 3.05) is 48.3 Å². The molecule has 2 aliphatic heterocycles. The minimum Gasteiger partial charge on any atom is -0.357 e. The van der Waals surface area contributed by atoms with Gasteiger partial charge in [0.05, 0.1) is 29.8 Å². The lowest BCUT2D eigenvalue weighted by molar-refractivity contribution is 0.573. The van der Waals surface area contributed by atoms with E-state index in [-0.39, 0.29) is 0 Å². The summed E-state index contributed by atoms with van der Waals surface area (Å²) in [7, 11) is 3.68. The van der Waals surface area contributed by atoms with Gasteiger partial charge < -0.3 is 26.0 Å². The van der Waals surface area contributed by atoms with Crippen LogP contribution in [0.4, 0.5) is 23.0 Å². The Labute approximate surface area is 330 Å². The van der Waals surface area contributed by atoms with Crippen LogP contribution in [-0.2, 0) is 7.05 Å². The maximum Gasteiger partial charge on any atom is 0.130 e. The van der Waals surface area contributed by atoms with Crippen molar-refractivity contribution in [1.29, 1.82) is 5.41 Å². The van der Waals surface area contributed by atoms with Crippen molar-refractivity contribution in [1.82, 2.24) is 35.0 Å². The highest BCUT2D eigenvalue weighted by Gasteiger charge is 2.16. The van der Waals surface area contributed by atoms with Gasteiger partial charge in [0.15, 0.2) is 0 Å². The number of benzene rings is 2. The lowest BCUT2D eigenvalue weighted by Crippen LogP contribution is -2.30. The number of rotatable bonds is 10. The molecular formula is C44H54N12. The van der Waals surface area contributed by atoms with Crippen LogP contribution in [0.25, 0.3) is 33.3 Å². The van der Waals surface area contributed by atoms with E-state index in [0.29, 0.717) is 0 Å². The Morgan fingerprint density at radius 3 is 2.20 bits per heavy atom. The van der Waals surface area contributed by atoms with Gasteiger partial charge in [-0.2, -0.15) is 15.3 Å². The number of pyridine rings is 2. The molecule has 8 rings (SSSR count). The predicted octanol–water partition coefficient (Wildman–Crippen LogP) is 8.87. The fraction of sp³-hybridized carbons (Fsp3) is 0.318. The van der Waals surface area contributed by atoms with E-state index in [0.717, 1.165) is 93.6 Å². The summed E-state index contributed by atoms with van der Waals surface area (Å²) in [6.07, 6.45) is 20.0. The number of anilines is 4. The molecule has 2 aliphatic rings. The van der Waals surface area contributed by atoms with Gasteiger partial charge in [0.1, 0.15) is 11.6 Å². The van der Waals surface area contributed by atoms with Crippen LogP contribution in [0.2, 0.25) is 0 Å². The van der Waals surface area contributed by atoms with Crippen LogP contribution < -0.4 is 20.5 Å². The Bertz CT molecular complexity index is 2240. The van der Waals surface area contributed by atoms with Gasteiger partial charge in [0, 0.05) is 105 Å². The molecule has 0 bridgehead atoms. The molecule has 0 unspecified atom stereocenters. The molecule has 0 amide bonds. The summed E-state index contributed by atoms with van der Waals surface area (Å²) in [5, 5.41) is 25.2. The van der Waals surface area contributed by atoms with Crippen LogP contribution in [0.5, 0.6) is 0 Å². The topological polar surface area (TPSA) is 128 Å². The first-order chi connectivity index (χ1) is 27.4. The van der Waals surface area contributed by atoms with E-state index in [9.17, 15) is 0 Å². The van der Waals surface area contributed by atoms with Crippen molar-refractivity contribution < 1.29 is 0 Å². The fourth-order valence-corrected chi connectivity index (χ4v) is 6.79. The SMILES string of the molecule is C=C(/C=N\NC)c1ccc(C=N)c(Nc2ccnc(N3CCCCC3)c2)c1.CCC.Cn1cc(-c2ccc3cnn(-c4ccnc(N5CCCC5)c4)c3c2)cn1. The van der Waals surface area contributed by atoms with Gasteiger partial charge in [-0.1, -0.05) is 51.1 Å². The molecule has 6 aromatic rings. The van der Waals surface area contributed by atoms with Gasteiger partial charge in [-0.15, -0.1) is 0 Å². The number of aromatic nitrogens is 6. The van der Waals surface area contributed by atoms with Crippen LogP contribution >= 0.6 is 0 Å². The summed E-state index contributed by atoms with van der Waals surface area (Å²) in [5.41, 5.74) is 11.5. The average molecular weight is 751 g/mol. The van der Waals surface area contributed by atoms with Crippen molar-refractivity contribution in [2.24, 2.45) is 12.1 Å². The summed E-state index contributed by atoms with van der Waals surface area (Å²) in [5.74, 6) is 2.03. The van der Waals surface area contributed by atoms with E-state index in [4.69, 9.17) is 5.41 Å². The first-order valence-corrected chi connectivity index (χ1v) is 19.6. The third kappa shape index (κ3) is 9.86. The second-order valence-corrected chi connectivity index (χ2v) is 14.0. The van der Waals surface area contributed by atoms with Gasteiger partial charge in [0.25, 0.3) is 0 Å². The third-order valence-electron chi connectivity index (χ3n) is 9.65. The summed E-state index contributed by atoms with van der Waals surface area (Å²) in [4.78, 5) is 13.8. The van der Waals surface area contributed by atoms with Gasteiger partial charge in [-0.05, 0) is 73.1 Å². The largest absolute Gasteiger partial charge is 0.357 e. The zero-order valence-electron chi connectivity index (χ0n) is 33.1. The second-order valence-electron chi connectivity index (χ2n) is 14.0. The van der Waals surface area contributed by atoms with Crippen LogP contribution in [0.1, 0.15) is 63.5 Å². The van der Waals surface area contributed by atoms with Crippen molar-refractivity contribution in [3.63, 3.8) is 0 Å². The number of hydrogen-bond acceptors (Lipinski definition) is 10. The zero-order valence-corrected chi connectivity index (χ0v) is 33.1. The van der Waals surface area contributed by atoms with Crippen molar-refractivity contribution in [3.8, 4) is 16.8 Å². The molecule has 290 valence electrons. The third-order valence-corrected chi connectivity index (χ3v) is 9.65. The lowest BCUT2D eigenvalue weighted by atomic mass is 10.0. The van der Waals surface area contributed by atoms with E-state index in [1.54, 1.807) is 13.3 Å². The van der Waals surface area contributed by atoms with Crippen molar-refractivity contribution in [2.45, 2.75) is 52.4 Å². The molecule has 12 nitrogen and oxygen atoms in total. The molecule has 2 saturated heterocycles. The lowest BCUT2D eigenvalue weighted by Gasteiger charge is -2.28. The fourth-order valence-electron chi connectivity index (χ4n) is 6.79. The molecule has 6 heterocycles. The Hall–Kier alpha value is -6.30. The number of aryl methyl sites for hydroxylation is 1. The van der Waals surface area contributed by atoms with Crippen LogP contribution in [0.15, 0.2) is 103 Å². The van der Waals surface area contributed by atoms with E-state index in [1.807, 2.05) is 77.7 Å². The predicted molar refractivity (Wildman–Crippen MR) is 233 cm³/mol. The molecule has 0 aliphatic carbocycles. The number of piperidine rings is 1. The van der Waals surface area contributed by atoms with Crippen molar-refractivity contribution in [3.05, 3.63) is 109 Å². The first-order valence-electron chi connectivity index (χ1n) is 19.6. The maximum atomic E-state index is 7.70. The summed E-state index contributed by atoms with van der Waals surface area (Å²) in [6.45, 7) is 12.6. The molecular weight excluding hydrogens is 697 g/mol. The highest BCUT2D eigenvalue weighted by molar-refractivity contribution is 6.09. The molecule has 56 heavy (non-hydrogen) atoms. The first kappa shape index (κ1) is 39.4. The quantitative estimate of drug-likeness (QED) is 0.0936. The van der Waals surface area contributed by atoms with Crippen LogP contribution in [0.3, 0.4) is 0 Å². The minimum atomic E-state index is 0.799. The van der Waals surface area contributed by atoms with E-state index >= 15 is 0 Å². The number of hydrazone groups is 1. The molecule has 2 aromatic carbocycles. The monoisotopic (exact) mass is 750 g/mol. The zero-order chi connectivity index (χ0) is 39.3. The van der Waals surface area contributed by atoms with E-state index in [2.05, 4.69) is 96.6 Å². The van der Waals surface area contributed by atoms with Gasteiger partial charge in [-0.3, -0.25) is 4.68 Å². The van der Waals surface area contributed by atoms with Gasteiger partial charge in [-0.25, -0.2) is 14.6 Å². The molecule has 0 saturated carbocycles. The van der Waals surface area contributed by atoms with Crippen molar-refractivity contribution >= 4 is 51.9 Å². The summed E-state index contributed by atoms with van der Waals surface area (Å²) >= 11 is 0. The van der Waals surface area contributed by atoms with E-state index in [1.165, 1.54) is 44.7 Å². The highest BCUT2D eigenvalue weighted by atomic mass is 15.3. The van der Waals surface area contributed by atoms with Gasteiger partial charge in [0.2, 0.25) is 0 Å². The standard InChI is InChI=1S/C21H26N6.C20H20N6.C3H8/c1-16(15-25-23-2)17-6-7-18(14-22)20(12-17)26-19-8-9-24-21(13-19)27-10-4-3-5-11-27;1-24-14-17(13-22-24)15-4-5-16-12-23-26(19(16)10-15)18-6-7-21-20(11-18)25-8-2-3-9-25;1-3-2/h6-9,12-15,22-23H,1,3-5,10-11H2,2H3,(H,24,26);4-7,10-14H,2-3,8-9H2,1H3;3H2,1-2H3/b22-14?,25-15-;;. The molecule has 3 N–H and O–H groups in total. The maximum absolute atomic E-state index is 7.70. The molecule has 0 atom stereocenters. The van der Waals surface area contributed by atoms with E-state index < -0.39 is 0 Å². The Kier molecular flexibility index (Phi) is 13.6. The Balaban J connectivity index is 0.000000178. The average Bonchev–Trinajstić information content (AvgIpc) is 4.03. The smallest absolute Gasteiger partial charge is 0.130 e. The molecule has 0 spiro atoms. The molecule has 12 heteroatoms. The number of fused-ring (bicyclic) bond motifs is 1. The number of allylic oxidation sites excluding steroid dienone is 1. The highest BCUT2D eigenvalue weighted by Crippen LogP contribution is 2.29. The normalized spacial score (nSPS) is 13.9. The Morgan fingerprint density at radius 2 is 1.52 bits per heavy atom. The van der Waals surface area contributed by atoms with Crippen LogP contribution in [-0.4, -0.2) is 75.2 Å². The number of nitrogens with one attached hydrogen (secondary N) is 3. The molecule has 2 fully saturated rings. The summed E-state index contributed by atoms with van der Waals surface area (Å²) < 4.78 is 3.82. The Morgan fingerprint density at radius 1 is 0.821 bits per heavy atom. The van der Waals surface area contributed by atoms with Gasteiger partial charge >= 0.3 is 0 Å². The van der Waals surface area contributed by atoms with Crippen LogP contribution in [0, 0.1) is 5.41 Å². The number of nitrogens with zero attached hydrogens (tertiary/aromatic N) is 9. The summed E-state index contributed by atoms with van der Waals surface area (Å²) in [6, 6.07) is 20.4. The molecule has 0 radical (unpaired) electrons. The number of hydrogen-bond donors (Lipinski definition) is 3. The molecule has 4 aromatic heterocycles.